The van der Waals surface area contributed by atoms with Crippen LogP contribution in [0.1, 0.15) is 12.8 Å². The number of rotatable bonds is 6. The maximum Gasteiger partial charge on any atom is 0.123 e. The Balaban J connectivity index is 2.08. The zero-order chi connectivity index (χ0) is 12.8. The zero-order valence-corrected chi connectivity index (χ0v) is 10.5. The molecule has 18 heavy (non-hydrogen) atoms. The molecule has 0 saturated heterocycles. The van der Waals surface area contributed by atoms with Crippen LogP contribution in [0.4, 0.5) is 5.82 Å². The number of imidazole rings is 1. The lowest BCUT2D eigenvalue weighted by molar-refractivity contribution is 0.191. The molecule has 0 saturated carbocycles. The summed E-state index contributed by atoms with van der Waals surface area (Å²) in [5.41, 5.74) is 7.82. The van der Waals surface area contributed by atoms with Gasteiger partial charge in [0.05, 0.1) is 18.2 Å². The molecule has 0 aliphatic rings. The summed E-state index contributed by atoms with van der Waals surface area (Å²) in [6.45, 7) is 1.73. The van der Waals surface area contributed by atoms with Crippen molar-refractivity contribution in [3.05, 3.63) is 30.9 Å². The van der Waals surface area contributed by atoms with Crippen molar-refractivity contribution in [2.45, 2.75) is 19.4 Å². The second-order valence-electron chi connectivity index (χ2n) is 4.14. The first-order chi connectivity index (χ1) is 8.81. The van der Waals surface area contributed by atoms with Crippen LogP contribution in [0.3, 0.4) is 0 Å². The van der Waals surface area contributed by atoms with Crippen LogP contribution in [-0.4, -0.2) is 28.3 Å². The van der Waals surface area contributed by atoms with E-state index in [4.69, 9.17) is 10.5 Å². The average molecular weight is 246 g/mol. The van der Waals surface area contributed by atoms with E-state index in [1.807, 2.05) is 24.7 Å². The lowest BCUT2D eigenvalue weighted by Gasteiger charge is -2.08. The molecule has 0 spiro atoms. The van der Waals surface area contributed by atoms with Gasteiger partial charge in [0.25, 0.3) is 0 Å². The van der Waals surface area contributed by atoms with Crippen molar-refractivity contribution in [2.24, 2.45) is 0 Å². The van der Waals surface area contributed by atoms with Gasteiger partial charge in [-0.2, -0.15) is 0 Å². The lowest BCUT2D eigenvalue weighted by atomic mass is 10.2. The molecule has 0 radical (unpaired) electrons. The summed E-state index contributed by atoms with van der Waals surface area (Å²) in [6.07, 6.45) is 7.53. The Bertz CT molecular complexity index is 495. The molecule has 2 aromatic rings. The van der Waals surface area contributed by atoms with Gasteiger partial charge in [0.2, 0.25) is 0 Å². The molecule has 2 aromatic heterocycles. The van der Waals surface area contributed by atoms with Gasteiger partial charge in [0.1, 0.15) is 5.82 Å². The molecular weight excluding hydrogens is 228 g/mol. The van der Waals surface area contributed by atoms with Gasteiger partial charge in [-0.1, -0.05) is 0 Å². The molecule has 0 bridgehead atoms. The normalized spacial score (nSPS) is 10.7. The quantitative estimate of drug-likeness (QED) is 0.791. The standard InChI is InChI=1S/C13H18N4O/c1-18-7-3-2-6-17-10-15-9-12(17)11-4-5-16-13(14)8-11/h4-5,8-10H,2-3,6-7H2,1H3,(H2,14,16). The van der Waals surface area contributed by atoms with Crippen LogP contribution in [0.5, 0.6) is 0 Å². The van der Waals surface area contributed by atoms with Crippen molar-refractivity contribution < 1.29 is 4.74 Å². The van der Waals surface area contributed by atoms with Crippen LogP contribution in [0.2, 0.25) is 0 Å². The van der Waals surface area contributed by atoms with Crippen LogP contribution in [-0.2, 0) is 11.3 Å². The van der Waals surface area contributed by atoms with E-state index in [-0.39, 0.29) is 0 Å². The first kappa shape index (κ1) is 12.6. The van der Waals surface area contributed by atoms with Gasteiger partial charge in [0, 0.05) is 32.0 Å². The van der Waals surface area contributed by atoms with Gasteiger partial charge in [0.15, 0.2) is 0 Å². The number of nitrogen functional groups attached to an aromatic ring is 1. The summed E-state index contributed by atoms with van der Waals surface area (Å²) in [4.78, 5) is 8.20. The van der Waals surface area contributed by atoms with E-state index >= 15 is 0 Å². The lowest BCUT2D eigenvalue weighted by Crippen LogP contribution is -2.01. The SMILES string of the molecule is COCCCCn1cncc1-c1ccnc(N)c1. The smallest absolute Gasteiger partial charge is 0.123 e. The zero-order valence-electron chi connectivity index (χ0n) is 10.5. The Morgan fingerprint density at radius 3 is 3.06 bits per heavy atom. The van der Waals surface area contributed by atoms with Gasteiger partial charge in [-0.05, 0) is 25.0 Å². The van der Waals surface area contributed by atoms with Crippen LogP contribution in [0.15, 0.2) is 30.9 Å². The number of nitrogens with two attached hydrogens (primary N) is 1. The van der Waals surface area contributed by atoms with E-state index in [0.29, 0.717) is 5.82 Å². The number of hydrogen-bond acceptors (Lipinski definition) is 4. The van der Waals surface area contributed by atoms with Gasteiger partial charge >= 0.3 is 0 Å². The molecule has 2 heterocycles. The molecule has 5 heteroatoms. The number of aryl methyl sites for hydroxylation is 1. The van der Waals surface area contributed by atoms with Crippen molar-refractivity contribution in [1.82, 2.24) is 14.5 Å². The van der Waals surface area contributed by atoms with Crippen LogP contribution >= 0.6 is 0 Å². The maximum absolute atomic E-state index is 5.70. The highest BCUT2D eigenvalue weighted by molar-refractivity contribution is 5.61. The Labute approximate surface area is 107 Å². The molecule has 0 fully saturated rings. The van der Waals surface area contributed by atoms with Crippen LogP contribution in [0, 0.1) is 0 Å². The second kappa shape index (κ2) is 6.16. The third-order valence-electron chi connectivity index (χ3n) is 2.79. The van der Waals surface area contributed by atoms with Crippen molar-refractivity contribution >= 4 is 5.82 Å². The number of ether oxygens (including phenoxy) is 1. The van der Waals surface area contributed by atoms with Gasteiger partial charge in [-0.15, -0.1) is 0 Å². The molecule has 0 aromatic carbocycles. The minimum absolute atomic E-state index is 0.527. The fraction of sp³-hybridized carbons (Fsp3) is 0.385. The number of anilines is 1. The van der Waals surface area contributed by atoms with Crippen molar-refractivity contribution in [3.8, 4) is 11.3 Å². The first-order valence-corrected chi connectivity index (χ1v) is 6.02. The topological polar surface area (TPSA) is 66.0 Å². The molecule has 96 valence electrons. The number of methoxy groups -OCH3 is 1. The predicted octanol–water partition coefficient (Wildman–Crippen LogP) is 1.95. The van der Waals surface area contributed by atoms with Gasteiger partial charge in [-0.3, -0.25) is 0 Å². The Morgan fingerprint density at radius 1 is 1.39 bits per heavy atom. The third-order valence-corrected chi connectivity index (χ3v) is 2.79. The average Bonchev–Trinajstić information content (AvgIpc) is 2.83. The molecule has 0 amide bonds. The Morgan fingerprint density at radius 2 is 2.28 bits per heavy atom. The van der Waals surface area contributed by atoms with Gasteiger partial charge in [-0.25, -0.2) is 9.97 Å². The van der Waals surface area contributed by atoms with E-state index in [9.17, 15) is 0 Å². The van der Waals surface area contributed by atoms with Gasteiger partial charge < -0.3 is 15.0 Å². The van der Waals surface area contributed by atoms with Crippen molar-refractivity contribution in [3.63, 3.8) is 0 Å². The molecule has 0 aliphatic carbocycles. The summed E-state index contributed by atoms with van der Waals surface area (Å²) in [5, 5.41) is 0. The van der Waals surface area contributed by atoms with E-state index in [1.165, 1.54) is 0 Å². The van der Waals surface area contributed by atoms with Crippen LogP contribution in [0.25, 0.3) is 11.3 Å². The molecule has 0 atom stereocenters. The third kappa shape index (κ3) is 3.07. The minimum Gasteiger partial charge on any atom is -0.385 e. The molecule has 0 aliphatic heterocycles. The van der Waals surface area contributed by atoms with E-state index in [1.54, 1.807) is 13.3 Å². The largest absolute Gasteiger partial charge is 0.385 e. The van der Waals surface area contributed by atoms with Crippen molar-refractivity contribution in [1.29, 1.82) is 0 Å². The number of aromatic nitrogens is 3. The highest BCUT2D eigenvalue weighted by atomic mass is 16.5. The fourth-order valence-corrected chi connectivity index (χ4v) is 1.88. The highest BCUT2D eigenvalue weighted by Gasteiger charge is 2.05. The van der Waals surface area contributed by atoms with E-state index in [0.717, 1.165) is 37.3 Å². The van der Waals surface area contributed by atoms with Crippen molar-refractivity contribution in [2.75, 3.05) is 19.5 Å². The number of unbranched alkanes of at least 4 members (excludes halogenated alkanes) is 1. The highest BCUT2D eigenvalue weighted by Crippen LogP contribution is 2.20. The summed E-state index contributed by atoms with van der Waals surface area (Å²) >= 11 is 0. The fourth-order valence-electron chi connectivity index (χ4n) is 1.88. The predicted molar refractivity (Wildman–Crippen MR) is 71.0 cm³/mol. The van der Waals surface area contributed by atoms with E-state index < -0.39 is 0 Å². The number of pyridine rings is 1. The number of nitrogens with zero attached hydrogens (tertiary/aromatic N) is 3. The van der Waals surface area contributed by atoms with Crippen LogP contribution < -0.4 is 5.73 Å². The van der Waals surface area contributed by atoms with E-state index in [2.05, 4.69) is 14.5 Å². The first-order valence-electron chi connectivity index (χ1n) is 6.02. The minimum atomic E-state index is 0.527. The molecular formula is C13H18N4O. The summed E-state index contributed by atoms with van der Waals surface area (Å²) in [5.74, 6) is 0.527. The summed E-state index contributed by atoms with van der Waals surface area (Å²) < 4.78 is 7.17. The maximum atomic E-state index is 5.70. The molecule has 0 unspecified atom stereocenters. The summed E-state index contributed by atoms with van der Waals surface area (Å²) in [7, 11) is 1.72. The molecule has 2 rings (SSSR count). The monoisotopic (exact) mass is 246 g/mol. The summed E-state index contributed by atoms with van der Waals surface area (Å²) in [6, 6.07) is 3.81. The Hall–Kier alpha value is -1.88. The number of hydrogen-bond donors (Lipinski definition) is 1. The molecule has 2 N–H and O–H groups in total. The Kier molecular flexibility index (Phi) is 4.30. The second-order valence-corrected chi connectivity index (χ2v) is 4.14. The molecule has 5 nitrogen and oxygen atoms in total.